The Morgan fingerprint density at radius 2 is 1.62 bits per heavy atom. The van der Waals surface area contributed by atoms with E-state index < -0.39 is 8.15 Å². The first kappa shape index (κ1) is 11.8. The second-order valence-electron chi connectivity index (χ2n) is 2.07. The maximum atomic E-state index is 5.35. The number of hydrogen-bond donors (Lipinski definition) is 0. The molecule has 0 aliphatic heterocycles. The van der Waals surface area contributed by atoms with Crippen molar-refractivity contribution >= 4 is 8.15 Å². The molecule has 0 aliphatic carbocycles. The molecular weight excluding hydrogens is 291 g/mol. The summed E-state index contributed by atoms with van der Waals surface area (Å²) >= 11 is 0. The molecule has 0 aromatic heterocycles. The van der Waals surface area contributed by atoms with Gasteiger partial charge in [-0.1, -0.05) is 0 Å². The van der Waals surface area contributed by atoms with Crippen LogP contribution in [0.5, 0.6) is 0 Å². The van der Waals surface area contributed by atoms with Gasteiger partial charge in [0.2, 0.25) is 0 Å². The molecule has 8 heavy (non-hydrogen) atoms. The smallest absolute Gasteiger partial charge is 0.127 e. The standard InChI is InChI=1S/C5H13OP.W/c1-5(2)6-7(3)4;/h5H,1-4H3;/p+1. The molecule has 0 aromatic rings. The van der Waals surface area contributed by atoms with Crippen molar-refractivity contribution in [3.63, 3.8) is 0 Å². The Morgan fingerprint density at radius 3 is 1.62 bits per heavy atom. The van der Waals surface area contributed by atoms with Crippen molar-refractivity contribution in [1.29, 1.82) is 0 Å². The quantitative estimate of drug-likeness (QED) is 0.707. The maximum Gasteiger partial charge on any atom is 0.127 e. The summed E-state index contributed by atoms with van der Waals surface area (Å²) in [7, 11) is -0.434. The molecule has 0 saturated carbocycles. The minimum atomic E-state index is -0.434. The van der Waals surface area contributed by atoms with Gasteiger partial charge in [-0.2, -0.15) is 0 Å². The fraction of sp³-hybridized carbons (Fsp3) is 1.00. The summed E-state index contributed by atoms with van der Waals surface area (Å²) in [5.41, 5.74) is 0. The minimum Gasteiger partial charge on any atom is -0.239 e. The molecule has 0 rings (SSSR count). The van der Waals surface area contributed by atoms with Gasteiger partial charge in [0.15, 0.2) is 0 Å². The summed E-state index contributed by atoms with van der Waals surface area (Å²) < 4.78 is 5.35. The normalized spacial score (nSPS) is 9.75. The van der Waals surface area contributed by atoms with Crippen LogP contribution in [0.15, 0.2) is 0 Å². The van der Waals surface area contributed by atoms with Crippen molar-refractivity contribution in [2.75, 3.05) is 13.3 Å². The fourth-order valence-corrected chi connectivity index (χ4v) is 1.41. The molecule has 1 nitrogen and oxygen atoms in total. The van der Waals surface area contributed by atoms with E-state index >= 15 is 0 Å². The molecule has 0 N–H and O–H groups in total. The first-order valence-electron chi connectivity index (χ1n) is 2.59. The molecule has 0 atom stereocenters. The first-order valence-corrected chi connectivity index (χ1v) is 5.00. The SMILES string of the molecule is CC(C)O[PH+](C)C.[W]. The summed E-state index contributed by atoms with van der Waals surface area (Å²) in [5, 5.41) is 0. The summed E-state index contributed by atoms with van der Waals surface area (Å²) in [6.07, 6.45) is 0.420. The van der Waals surface area contributed by atoms with Crippen LogP contribution in [0.3, 0.4) is 0 Å². The molecule has 0 radical (unpaired) electrons. The molecule has 0 saturated heterocycles. The van der Waals surface area contributed by atoms with E-state index in [1.807, 2.05) is 0 Å². The van der Waals surface area contributed by atoms with Gasteiger partial charge in [-0.05, 0) is 13.8 Å². The van der Waals surface area contributed by atoms with Crippen LogP contribution in [-0.2, 0) is 25.6 Å². The van der Waals surface area contributed by atoms with Gasteiger partial charge in [0.1, 0.15) is 8.15 Å². The summed E-state index contributed by atoms with van der Waals surface area (Å²) in [5.74, 6) is 0. The van der Waals surface area contributed by atoms with E-state index in [0.29, 0.717) is 6.10 Å². The van der Waals surface area contributed by atoms with Gasteiger partial charge in [-0.3, -0.25) is 0 Å². The van der Waals surface area contributed by atoms with Crippen LogP contribution in [0.1, 0.15) is 13.8 Å². The van der Waals surface area contributed by atoms with Gasteiger partial charge < -0.3 is 0 Å². The van der Waals surface area contributed by atoms with Crippen LogP contribution in [-0.4, -0.2) is 19.4 Å². The van der Waals surface area contributed by atoms with Crippen molar-refractivity contribution in [3.05, 3.63) is 0 Å². The van der Waals surface area contributed by atoms with Gasteiger partial charge in [-0.15, -0.1) is 0 Å². The van der Waals surface area contributed by atoms with Gasteiger partial charge in [0.05, 0.1) is 19.4 Å². The molecule has 0 bridgehead atoms. The largest absolute Gasteiger partial charge is 0.239 e. The van der Waals surface area contributed by atoms with Crippen molar-refractivity contribution in [3.8, 4) is 0 Å². The van der Waals surface area contributed by atoms with E-state index in [2.05, 4.69) is 27.2 Å². The second-order valence-corrected chi connectivity index (χ2v) is 4.13. The zero-order valence-corrected chi connectivity index (χ0v) is 9.83. The molecule has 0 unspecified atom stereocenters. The third-order valence-corrected chi connectivity index (χ3v) is 1.41. The third-order valence-electron chi connectivity index (χ3n) is 0.471. The van der Waals surface area contributed by atoms with Gasteiger partial charge in [-0.25, -0.2) is 4.52 Å². The minimum absolute atomic E-state index is 0. The Morgan fingerprint density at radius 1 is 1.25 bits per heavy atom. The number of rotatable bonds is 2. The van der Waals surface area contributed by atoms with E-state index in [-0.39, 0.29) is 21.1 Å². The van der Waals surface area contributed by atoms with Gasteiger partial charge in [0.25, 0.3) is 0 Å². The Labute approximate surface area is 67.3 Å². The molecule has 0 fully saturated rings. The molecule has 3 heteroatoms. The second kappa shape index (κ2) is 6.20. The molecule has 0 spiro atoms. The predicted molar refractivity (Wildman–Crippen MR) is 36.4 cm³/mol. The van der Waals surface area contributed by atoms with Crippen LogP contribution in [0, 0.1) is 0 Å². The van der Waals surface area contributed by atoms with E-state index in [1.165, 1.54) is 0 Å². The summed E-state index contributed by atoms with van der Waals surface area (Å²) in [6, 6.07) is 0. The van der Waals surface area contributed by atoms with Crippen molar-refractivity contribution < 1.29 is 25.6 Å². The predicted octanol–water partition coefficient (Wildman–Crippen LogP) is 1.80. The summed E-state index contributed by atoms with van der Waals surface area (Å²) in [6.45, 7) is 8.42. The third kappa shape index (κ3) is 10.1. The molecule has 0 aliphatic rings. The zero-order chi connectivity index (χ0) is 5.86. The first-order chi connectivity index (χ1) is 3.13. The summed E-state index contributed by atoms with van der Waals surface area (Å²) in [4.78, 5) is 0. The van der Waals surface area contributed by atoms with Crippen LogP contribution in [0.2, 0.25) is 0 Å². The molecule has 0 amide bonds. The van der Waals surface area contributed by atoms with Crippen LogP contribution < -0.4 is 0 Å². The molecule has 0 heterocycles. The van der Waals surface area contributed by atoms with Gasteiger partial charge in [0, 0.05) is 21.1 Å². The molecule has 0 aromatic carbocycles. The molecular formula is C5H14OPW+. The molecule has 50 valence electrons. The van der Waals surface area contributed by atoms with Crippen molar-refractivity contribution in [1.82, 2.24) is 0 Å². The van der Waals surface area contributed by atoms with Crippen molar-refractivity contribution in [2.24, 2.45) is 0 Å². The van der Waals surface area contributed by atoms with Crippen LogP contribution in [0.25, 0.3) is 0 Å². The van der Waals surface area contributed by atoms with Crippen LogP contribution in [0.4, 0.5) is 0 Å². The Hall–Kier alpha value is 1.08. The Bertz CT molecular complexity index is 41.7. The Balaban J connectivity index is 0. The zero-order valence-electron chi connectivity index (χ0n) is 5.89. The average Bonchev–Trinajstić information content (AvgIpc) is 1.27. The van der Waals surface area contributed by atoms with E-state index in [4.69, 9.17) is 4.52 Å². The van der Waals surface area contributed by atoms with Crippen molar-refractivity contribution in [2.45, 2.75) is 20.0 Å². The monoisotopic (exact) mass is 305 g/mol. The Kier molecular flexibility index (Phi) is 9.17. The van der Waals surface area contributed by atoms with E-state index in [9.17, 15) is 0 Å². The fourth-order valence-electron chi connectivity index (χ4n) is 0.471. The van der Waals surface area contributed by atoms with Crippen LogP contribution >= 0.6 is 8.15 Å². The van der Waals surface area contributed by atoms with Gasteiger partial charge >= 0.3 is 0 Å². The number of hydrogen-bond acceptors (Lipinski definition) is 1. The topological polar surface area (TPSA) is 9.23 Å². The average molecular weight is 305 g/mol. The maximum absolute atomic E-state index is 5.35. The van der Waals surface area contributed by atoms with E-state index in [1.54, 1.807) is 0 Å². The van der Waals surface area contributed by atoms with E-state index in [0.717, 1.165) is 0 Å².